The van der Waals surface area contributed by atoms with Gasteiger partial charge in [-0.25, -0.2) is 4.98 Å². The quantitative estimate of drug-likeness (QED) is 0.922. The monoisotopic (exact) mass is 271 g/mol. The normalized spacial score (nSPS) is 18.8. The first-order chi connectivity index (χ1) is 9.86. The molecule has 0 saturated carbocycles. The lowest BCUT2D eigenvalue weighted by atomic mass is 10.1. The minimum atomic E-state index is -0.0190. The van der Waals surface area contributed by atoms with Crippen molar-refractivity contribution >= 4 is 0 Å². The molecule has 0 spiro atoms. The van der Waals surface area contributed by atoms with Crippen molar-refractivity contribution in [1.82, 2.24) is 15.3 Å². The Kier molecular flexibility index (Phi) is 3.90. The van der Waals surface area contributed by atoms with Crippen molar-refractivity contribution in [3.63, 3.8) is 0 Å². The van der Waals surface area contributed by atoms with Gasteiger partial charge in [-0.3, -0.25) is 4.98 Å². The van der Waals surface area contributed by atoms with Gasteiger partial charge in [0.05, 0.1) is 37.5 Å². The Balaban J connectivity index is 1.85. The van der Waals surface area contributed by atoms with Crippen LogP contribution in [0.3, 0.4) is 0 Å². The van der Waals surface area contributed by atoms with Gasteiger partial charge in [-0.15, -0.1) is 0 Å². The van der Waals surface area contributed by atoms with Crippen molar-refractivity contribution in [2.75, 3.05) is 26.8 Å². The summed E-state index contributed by atoms with van der Waals surface area (Å²) in [6.45, 7) is 2.38. The fraction of sp³-hybridized carbons (Fsp3) is 0.333. The zero-order valence-corrected chi connectivity index (χ0v) is 11.4. The van der Waals surface area contributed by atoms with Crippen molar-refractivity contribution in [3.8, 4) is 17.0 Å². The van der Waals surface area contributed by atoms with Gasteiger partial charge in [-0.1, -0.05) is 0 Å². The molecule has 0 radical (unpaired) electrons. The molecule has 1 atom stereocenters. The summed E-state index contributed by atoms with van der Waals surface area (Å²) in [4.78, 5) is 8.93. The fourth-order valence-electron chi connectivity index (χ4n) is 2.19. The van der Waals surface area contributed by atoms with E-state index in [2.05, 4.69) is 15.3 Å². The molecule has 1 aliphatic rings. The maximum atomic E-state index is 5.71. The number of morpholine rings is 1. The molecule has 20 heavy (non-hydrogen) atoms. The summed E-state index contributed by atoms with van der Waals surface area (Å²) in [5, 5.41) is 3.30. The Morgan fingerprint density at radius 2 is 2.10 bits per heavy atom. The molecule has 1 aliphatic heterocycles. The van der Waals surface area contributed by atoms with Crippen molar-refractivity contribution in [2.45, 2.75) is 6.10 Å². The summed E-state index contributed by atoms with van der Waals surface area (Å²) in [6.07, 6.45) is 3.51. The Morgan fingerprint density at radius 1 is 1.25 bits per heavy atom. The standard InChI is InChI=1S/C15H17N3O2/c1-19-12-4-2-11(3-5-12)13-8-17-9-14(18-13)15-10-16-6-7-20-15/h2-5,8-9,15-16H,6-7,10H2,1H3. The molecule has 1 aromatic carbocycles. The Labute approximate surface area is 118 Å². The topological polar surface area (TPSA) is 56.3 Å². The second kappa shape index (κ2) is 5.98. The van der Waals surface area contributed by atoms with Crippen LogP contribution in [0.1, 0.15) is 11.8 Å². The highest BCUT2D eigenvalue weighted by Gasteiger charge is 2.17. The number of nitrogens with one attached hydrogen (secondary N) is 1. The van der Waals surface area contributed by atoms with Gasteiger partial charge in [0.25, 0.3) is 0 Å². The van der Waals surface area contributed by atoms with Crippen LogP contribution in [0.2, 0.25) is 0 Å². The minimum absolute atomic E-state index is 0.0190. The van der Waals surface area contributed by atoms with E-state index in [-0.39, 0.29) is 6.10 Å². The first-order valence-corrected chi connectivity index (χ1v) is 6.65. The van der Waals surface area contributed by atoms with Gasteiger partial charge in [0.15, 0.2) is 0 Å². The van der Waals surface area contributed by atoms with Gasteiger partial charge in [0.1, 0.15) is 11.9 Å². The first kappa shape index (κ1) is 13.0. The predicted octanol–water partition coefficient (Wildman–Crippen LogP) is 1.81. The van der Waals surface area contributed by atoms with Crippen LogP contribution in [-0.4, -0.2) is 36.8 Å². The van der Waals surface area contributed by atoms with E-state index in [1.54, 1.807) is 19.5 Å². The van der Waals surface area contributed by atoms with Gasteiger partial charge < -0.3 is 14.8 Å². The maximum absolute atomic E-state index is 5.71. The van der Waals surface area contributed by atoms with Crippen molar-refractivity contribution in [1.29, 1.82) is 0 Å². The lowest BCUT2D eigenvalue weighted by Crippen LogP contribution is -2.33. The molecular weight excluding hydrogens is 254 g/mol. The molecule has 1 unspecified atom stereocenters. The molecule has 1 aromatic heterocycles. The summed E-state index contributed by atoms with van der Waals surface area (Å²) in [5.74, 6) is 0.831. The molecule has 0 bridgehead atoms. The van der Waals surface area contributed by atoms with Gasteiger partial charge >= 0.3 is 0 Å². The molecule has 2 heterocycles. The van der Waals surface area contributed by atoms with Crippen molar-refractivity contribution in [3.05, 3.63) is 42.4 Å². The van der Waals surface area contributed by atoms with E-state index < -0.39 is 0 Å². The van der Waals surface area contributed by atoms with Crippen LogP contribution in [0.15, 0.2) is 36.7 Å². The molecule has 1 N–H and O–H groups in total. The summed E-state index contributed by atoms with van der Waals surface area (Å²) in [5.41, 5.74) is 2.73. The van der Waals surface area contributed by atoms with Crippen LogP contribution >= 0.6 is 0 Å². The lowest BCUT2D eigenvalue weighted by molar-refractivity contribution is 0.0248. The number of aromatic nitrogens is 2. The van der Waals surface area contributed by atoms with E-state index in [1.165, 1.54) is 0 Å². The second-order valence-corrected chi connectivity index (χ2v) is 4.62. The molecule has 5 heteroatoms. The molecule has 0 amide bonds. The number of rotatable bonds is 3. The molecular formula is C15H17N3O2. The van der Waals surface area contributed by atoms with E-state index in [4.69, 9.17) is 9.47 Å². The average Bonchev–Trinajstić information content (AvgIpc) is 2.56. The first-order valence-electron chi connectivity index (χ1n) is 6.65. The lowest BCUT2D eigenvalue weighted by Gasteiger charge is -2.23. The van der Waals surface area contributed by atoms with Crippen LogP contribution in [-0.2, 0) is 4.74 Å². The number of hydrogen-bond acceptors (Lipinski definition) is 5. The van der Waals surface area contributed by atoms with E-state index in [0.29, 0.717) is 6.61 Å². The van der Waals surface area contributed by atoms with Crippen LogP contribution in [0.25, 0.3) is 11.3 Å². The van der Waals surface area contributed by atoms with Crippen LogP contribution < -0.4 is 10.1 Å². The number of nitrogens with zero attached hydrogens (tertiary/aromatic N) is 2. The number of ether oxygens (including phenoxy) is 2. The molecule has 3 rings (SSSR count). The molecule has 2 aromatic rings. The third kappa shape index (κ3) is 2.79. The zero-order valence-electron chi connectivity index (χ0n) is 11.4. The van der Waals surface area contributed by atoms with Crippen molar-refractivity contribution < 1.29 is 9.47 Å². The smallest absolute Gasteiger partial charge is 0.118 e. The van der Waals surface area contributed by atoms with E-state index in [1.807, 2.05) is 24.3 Å². The minimum Gasteiger partial charge on any atom is -0.497 e. The van der Waals surface area contributed by atoms with Gasteiger partial charge in [0, 0.05) is 18.7 Å². The molecule has 104 valence electrons. The molecule has 5 nitrogen and oxygen atoms in total. The van der Waals surface area contributed by atoms with E-state index >= 15 is 0 Å². The van der Waals surface area contributed by atoms with Crippen LogP contribution in [0.5, 0.6) is 5.75 Å². The number of hydrogen-bond donors (Lipinski definition) is 1. The third-order valence-corrected chi connectivity index (χ3v) is 3.30. The largest absolute Gasteiger partial charge is 0.497 e. The maximum Gasteiger partial charge on any atom is 0.118 e. The van der Waals surface area contributed by atoms with Crippen LogP contribution in [0.4, 0.5) is 0 Å². The van der Waals surface area contributed by atoms with Gasteiger partial charge in [-0.05, 0) is 24.3 Å². The van der Waals surface area contributed by atoms with Gasteiger partial charge in [-0.2, -0.15) is 0 Å². The summed E-state index contributed by atoms with van der Waals surface area (Å²) in [7, 11) is 1.66. The highest BCUT2D eigenvalue weighted by Crippen LogP contribution is 2.22. The third-order valence-electron chi connectivity index (χ3n) is 3.30. The average molecular weight is 271 g/mol. The number of benzene rings is 1. The number of methoxy groups -OCH3 is 1. The van der Waals surface area contributed by atoms with Gasteiger partial charge in [0.2, 0.25) is 0 Å². The second-order valence-electron chi connectivity index (χ2n) is 4.62. The van der Waals surface area contributed by atoms with Crippen molar-refractivity contribution in [2.24, 2.45) is 0 Å². The van der Waals surface area contributed by atoms with E-state index in [0.717, 1.165) is 35.8 Å². The SMILES string of the molecule is COc1ccc(-c2cncc(C3CNCCO3)n2)cc1. The Bertz CT molecular complexity index is 566. The zero-order chi connectivity index (χ0) is 13.8. The highest BCUT2D eigenvalue weighted by molar-refractivity contribution is 5.59. The predicted molar refractivity (Wildman–Crippen MR) is 75.6 cm³/mol. The molecule has 0 aliphatic carbocycles. The summed E-state index contributed by atoms with van der Waals surface area (Å²) >= 11 is 0. The summed E-state index contributed by atoms with van der Waals surface area (Å²) < 4.78 is 10.9. The Hall–Kier alpha value is -1.98. The molecule has 1 saturated heterocycles. The van der Waals surface area contributed by atoms with E-state index in [9.17, 15) is 0 Å². The Morgan fingerprint density at radius 3 is 2.80 bits per heavy atom. The van der Waals surface area contributed by atoms with Crippen LogP contribution in [0, 0.1) is 0 Å². The fourth-order valence-corrected chi connectivity index (χ4v) is 2.19. The molecule has 1 fully saturated rings. The highest BCUT2D eigenvalue weighted by atomic mass is 16.5. The summed E-state index contributed by atoms with van der Waals surface area (Å²) in [6, 6.07) is 7.80.